The van der Waals surface area contributed by atoms with E-state index in [-0.39, 0.29) is 5.91 Å². The van der Waals surface area contributed by atoms with E-state index in [0.717, 1.165) is 21.5 Å². The van der Waals surface area contributed by atoms with Gasteiger partial charge in [0.15, 0.2) is 4.80 Å². The van der Waals surface area contributed by atoms with Gasteiger partial charge in [0.25, 0.3) is 5.91 Å². The molecule has 0 atom stereocenters. The van der Waals surface area contributed by atoms with E-state index in [4.69, 9.17) is 11.6 Å². The van der Waals surface area contributed by atoms with E-state index in [1.54, 1.807) is 18.2 Å². The summed E-state index contributed by atoms with van der Waals surface area (Å²) < 4.78 is 3.03. The van der Waals surface area contributed by atoms with E-state index in [9.17, 15) is 4.79 Å². The van der Waals surface area contributed by atoms with E-state index in [1.807, 2.05) is 54.8 Å². The minimum absolute atomic E-state index is 0.261. The lowest BCUT2D eigenvalue weighted by Gasteiger charge is -2.11. The fourth-order valence-corrected chi connectivity index (χ4v) is 4.00. The third-order valence-electron chi connectivity index (χ3n) is 4.17. The van der Waals surface area contributed by atoms with Crippen LogP contribution in [0.5, 0.6) is 0 Å². The molecule has 1 heterocycles. The Bertz CT molecular complexity index is 1050. The first kappa shape index (κ1) is 18.4. The van der Waals surface area contributed by atoms with Gasteiger partial charge in [-0.1, -0.05) is 29.0 Å². The molecule has 0 bridgehead atoms. The molecule has 26 heavy (non-hydrogen) atoms. The Labute approximate surface area is 161 Å². The fourth-order valence-electron chi connectivity index (χ4n) is 2.75. The Morgan fingerprint density at radius 3 is 2.58 bits per heavy atom. The van der Waals surface area contributed by atoms with Crippen molar-refractivity contribution in [2.75, 3.05) is 19.0 Å². The van der Waals surface area contributed by atoms with E-state index in [0.29, 0.717) is 21.9 Å². The second-order valence-corrected chi connectivity index (χ2v) is 7.58. The molecule has 134 valence electrons. The maximum atomic E-state index is 12.6. The van der Waals surface area contributed by atoms with Gasteiger partial charge in [-0.05, 0) is 48.9 Å². The maximum absolute atomic E-state index is 12.6. The number of nitrogens with zero attached hydrogens (tertiary/aromatic N) is 3. The van der Waals surface area contributed by atoms with Gasteiger partial charge in [-0.15, -0.1) is 6.58 Å². The largest absolute Gasteiger partial charge is 0.378 e. The smallest absolute Gasteiger partial charge is 0.279 e. The van der Waals surface area contributed by atoms with Crippen LogP contribution in [0.1, 0.15) is 15.9 Å². The summed E-state index contributed by atoms with van der Waals surface area (Å²) in [5.74, 6) is -0.261. The van der Waals surface area contributed by atoms with Crippen LogP contribution in [0.25, 0.3) is 10.2 Å². The number of carbonyl (C=O) groups is 1. The van der Waals surface area contributed by atoms with E-state index in [2.05, 4.69) is 11.6 Å². The van der Waals surface area contributed by atoms with Gasteiger partial charge in [0.1, 0.15) is 0 Å². The van der Waals surface area contributed by atoms with Crippen LogP contribution < -0.4 is 9.70 Å². The molecule has 0 radical (unpaired) electrons. The molecule has 6 heteroatoms. The van der Waals surface area contributed by atoms with Gasteiger partial charge in [0.2, 0.25) is 0 Å². The minimum atomic E-state index is -0.261. The third kappa shape index (κ3) is 3.45. The highest BCUT2D eigenvalue weighted by molar-refractivity contribution is 7.16. The van der Waals surface area contributed by atoms with Crippen LogP contribution in [0.2, 0.25) is 5.02 Å². The van der Waals surface area contributed by atoms with Gasteiger partial charge >= 0.3 is 0 Å². The van der Waals surface area contributed by atoms with E-state index in [1.165, 1.54) is 11.3 Å². The maximum Gasteiger partial charge on any atom is 0.279 e. The number of benzene rings is 2. The molecule has 0 N–H and O–H groups in total. The summed E-state index contributed by atoms with van der Waals surface area (Å²) in [5, 5.41) is 0.699. The van der Waals surface area contributed by atoms with Crippen LogP contribution in [0.15, 0.2) is 54.0 Å². The third-order valence-corrected chi connectivity index (χ3v) is 5.62. The first-order valence-electron chi connectivity index (χ1n) is 8.18. The lowest BCUT2D eigenvalue weighted by atomic mass is 10.2. The van der Waals surface area contributed by atoms with Gasteiger partial charge in [-0.3, -0.25) is 4.79 Å². The number of carbonyl (C=O) groups excluding carboxylic acids is 1. The van der Waals surface area contributed by atoms with Crippen molar-refractivity contribution >= 4 is 44.7 Å². The number of thiazole rings is 1. The zero-order valence-electron chi connectivity index (χ0n) is 15.0. The molecule has 0 aliphatic rings. The number of anilines is 1. The minimum Gasteiger partial charge on any atom is -0.378 e. The molecule has 0 spiro atoms. The van der Waals surface area contributed by atoms with Crippen LogP contribution >= 0.6 is 22.9 Å². The molecule has 3 aromatic rings. The summed E-state index contributed by atoms with van der Waals surface area (Å²) >= 11 is 7.75. The van der Waals surface area contributed by atoms with Crippen LogP contribution in [0.3, 0.4) is 0 Å². The Kier molecular flexibility index (Phi) is 5.30. The average molecular weight is 386 g/mol. The molecule has 1 amide bonds. The van der Waals surface area contributed by atoms with Crippen molar-refractivity contribution in [2.24, 2.45) is 4.99 Å². The lowest BCUT2D eigenvalue weighted by Crippen LogP contribution is -2.16. The molecular weight excluding hydrogens is 366 g/mol. The van der Waals surface area contributed by atoms with Crippen molar-refractivity contribution in [1.82, 2.24) is 4.57 Å². The standard InChI is InChI=1S/C20H20ClN3OS/c1-5-12-24-18-13(2)16(21)10-11-17(18)26-20(24)22-19(25)14-6-8-15(9-7-14)23(3)4/h5-11H,1,12H2,2-4H3. The SMILES string of the molecule is C=CCn1c(=NC(=O)c2ccc(N(C)C)cc2)sc2ccc(Cl)c(C)c21. The molecule has 3 rings (SSSR count). The molecule has 4 nitrogen and oxygen atoms in total. The van der Waals surface area contributed by atoms with E-state index >= 15 is 0 Å². The number of allylic oxidation sites excluding steroid dienone is 1. The predicted molar refractivity (Wildman–Crippen MR) is 110 cm³/mol. The Morgan fingerprint density at radius 2 is 1.96 bits per heavy atom. The zero-order valence-corrected chi connectivity index (χ0v) is 16.6. The fraction of sp³-hybridized carbons (Fsp3) is 0.200. The molecule has 0 unspecified atom stereocenters. The van der Waals surface area contributed by atoms with Crippen molar-refractivity contribution in [3.05, 3.63) is 70.0 Å². The molecule has 0 aliphatic carbocycles. The summed E-state index contributed by atoms with van der Waals surface area (Å²) in [5.41, 5.74) is 3.58. The van der Waals surface area contributed by atoms with Crippen molar-refractivity contribution in [1.29, 1.82) is 0 Å². The highest BCUT2D eigenvalue weighted by Gasteiger charge is 2.12. The van der Waals surface area contributed by atoms with Crippen molar-refractivity contribution < 1.29 is 4.79 Å². The summed E-state index contributed by atoms with van der Waals surface area (Å²) in [6, 6.07) is 11.3. The van der Waals surface area contributed by atoms with Crippen molar-refractivity contribution in [3.8, 4) is 0 Å². The number of hydrogen-bond acceptors (Lipinski definition) is 3. The number of aryl methyl sites for hydroxylation is 1. The summed E-state index contributed by atoms with van der Waals surface area (Å²) in [6.45, 7) is 6.36. The van der Waals surface area contributed by atoms with Crippen LogP contribution in [-0.2, 0) is 6.54 Å². The number of rotatable bonds is 4. The normalized spacial score (nSPS) is 11.8. The Morgan fingerprint density at radius 1 is 1.27 bits per heavy atom. The molecular formula is C20H20ClN3OS. The number of aromatic nitrogens is 1. The molecule has 0 fully saturated rings. The molecule has 0 saturated heterocycles. The van der Waals surface area contributed by atoms with Crippen LogP contribution in [-0.4, -0.2) is 24.6 Å². The van der Waals surface area contributed by atoms with Gasteiger partial charge in [-0.2, -0.15) is 4.99 Å². The predicted octanol–water partition coefficient (Wildman–Crippen LogP) is 4.66. The summed E-state index contributed by atoms with van der Waals surface area (Å²) in [6.07, 6.45) is 1.79. The van der Waals surface area contributed by atoms with Crippen LogP contribution in [0, 0.1) is 6.92 Å². The van der Waals surface area contributed by atoms with Crippen LogP contribution in [0.4, 0.5) is 5.69 Å². The quantitative estimate of drug-likeness (QED) is 0.612. The number of hydrogen-bond donors (Lipinski definition) is 0. The lowest BCUT2D eigenvalue weighted by molar-refractivity contribution is 0.0998. The summed E-state index contributed by atoms with van der Waals surface area (Å²) in [7, 11) is 3.92. The first-order valence-corrected chi connectivity index (χ1v) is 9.37. The van der Waals surface area contributed by atoms with Gasteiger partial charge in [0.05, 0.1) is 10.2 Å². The van der Waals surface area contributed by atoms with Gasteiger partial charge in [-0.25, -0.2) is 0 Å². The zero-order chi connectivity index (χ0) is 18.8. The number of fused-ring (bicyclic) bond motifs is 1. The number of amides is 1. The monoisotopic (exact) mass is 385 g/mol. The second kappa shape index (κ2) is 7.48. The van der Waals surface area contributed by atoms with Crippen molar-refractivity contribution in [2.45, 2.75) is 13.5 Å². The van der Waals surface area contributed by atoms with Gasteiger partial charge in [0, 0.05) is 36.9 Å². The highest BCUT2D eigenvalue weighted by atomic mass is 35.5. The number of halogens is 1. The van der Waals surface area contributed by atoms with E-state index < -0.39 is 0 Å². The molecule has 1 aromatic heterocycles. The Balaban J connectivity index is 2.11. The Hall–Kier alpha value is -2.37. The highest BCUT2D eigenvalue weighted by Crippen LogP contribution is 2.27. The topological polar surface area (TPSA) is 37.6 Å². The average Bonchev–Trinajstić information content (AvgIpc) is 2.96. The van der Waals surface area contributed by atoms with Crippen molar-refractivity contribution in [3.63, 3.8) is 0 Å². The second-order valence-electron chi connectivity index (χ2n) is 6.16. The molecule has 0 saturated carbocycles. The summed E-state index contributed by atoms with van der Waals surface area (Å²) in [4.78, 5) is 19.6. The molecule has 0 aliphatic heterocycles. The molecule has 2 aromatic carbocycles. The van der Waals surface area contributed by atoms with Gasteiger partial charge < -0.3 is 9.47 Å². The first-order chi connectivity index (χ1) is 12.4.